The molecule has 0 spiro atoms. The van der Waals surface area contributed by atoms with E-state index in [1.54, 1.807) is 6.20 Å². The van der Waals surface area contributed by atoms with E-state index in [0.29, 0.717) is 11.6 Å². The Bertz CT molecular complexity index is 416. The van der Waals surface area contributed by atoms with Crippen LogP contribution in [-0.4, -0.2) is 9.97 Å². The lowest BCUT2D eigenvalue weighted by molar-refractivity contribution is 0.628. The summed E-state index contributed by atoms with van der Waals surface area (Å²) < 4.78 is 0. The molecule has 0 fully saturated rings. The number of nitrogens with zero attached hydrogens (tertiary/aromatic N) is 1. The van der Waals surface area contributed by atoms with Crippen molar-refractivity contribution >= 4 is 5.57 Å². The van der Waals surface area contributed by atoms with Crippen LogP contribution < -0.4 is 5.56 Å². The van der Waals surface area contributed by atoms with Crippen molar-refractivity contribution in [2.24, 2.45) is 5.92 Å². The second kappa shape index (κ2) is 4.91. The summed E-state index contributed by atoms with van der Waals surface area (Å²) in [5.41, 5.74) is 2.39. The van der Waals surface area contributed by atoms with Crippen molar-refractivity contribution in [3.63, 3.8) is 0 Å². The lowest BCUT2D eigenvalue weighted by atomic mass is 10.1. The molecular weight excluding hydrogens is 188 g/mol. The van der Waals surface area contributed by atoms with E-state index in [1.807, 2.05) is 19.9 Å². The maximum Gasteiger partial charge on any atom is 0.270 e. The topological polar surface area (TPSA) is 45.8 Å². The van der Waals surface area contributed by atoms with Crippen molar-refractivity contribution in [3.8, 4) is 0 Å². The van der Waals surface area contributed by atoms with Gasteiger partial charge in [-0.15, -0.1) is 0 Å². The molecule has 1 rings (SSSR count). The quantitative estimate of drug-likeness (QED) is 0.825. The molecule has 3 nitrogen and oxygen atoms in total. The third-order valence-corrected chi connectivity index (χ3v) is 2.32. The zero-order valence-corrected chi connectivity index (χ0v) is 9.79. The standard InChI is InChI=1S/C12H18N2O/c1-5-9(4)11-7-13-10(6-8(2)3)12(15)14-11/h5,7-8H,6H2,1-4H3,(H,14,15)/b9-5-. The summed E-state index contributed by atoms with van der Waals surface area (Å²) in [4.78, 5) is 18.7. The van der Waals surface area contributed by atoms with E-state index in [-0.39, 0.29) is 5.56 Å². The minimum atomic E-state index is -0.0672. The van der Waals surface area contributed by atoms with Crippen molar-refractivity contribution in [2.75, 3.05) is 0 Å². The van der Waals surface area contributed by atoms with Crippen molar-refractivity contribution in [2.45, 2.75) is 34.1 Å². The molecule has 0 amide bonds. The molecule has 15 heavy (non-hydrogen) atoms. The van der Waals surface area contributed by atoms with E-state index in [0.717, 1.165) is 17.7 Å². The molecule has 1 heterocycles. The van der Waals surface area contributed by atoms with E-state index in [2.05, 4.69) is 23.8 Å². The summed E-state index contributed by atoms with van der Waals surface area (Å²) in [6.45, 7) is 8.04. The molecule has 1 aromatic rings. The normalized spacial score (nSPS) is 12.2. The number of H-pyrrole nitrogens is 1. The maximum atomic E-state index is 11.7. The smallest absolute Gasteiger partial charge is 0.270 e. The van der Waals surface area contributed by atoms with Gasteiger partial charge in [-0.05, 0) is 31.8 Å². The van der Waals surface area contributed by atoms with Crippen LogP contribution in [0.15, 0.2) is 17.1 Å². The molecule has 0 saturated carbocycles. The summed E-state index contributed by atoms with van der Waals surface area (Å²) in [7, 11) is 0. The first-order valence-electron chi connectivity index (χ1n) is 5.26. The van der Waals surface area contributed by atoms with Gasteiger partial charge in [-0.2, -0.15) is 0 Å². The lowest BCUT2D eigenvalue weighted by Gasteiger charge is -2.05. The SMILES string of the molecule is C/C=C(/C)c1cnc(CC(C)C)c(=O)[nH]1. The van der Waals surface area contributed by atoms with Crippen LogP contribution in [0.1, 0.15) is 39.1 Å². The van der Waals surface area contributed by atoms with Crippen LogP contribution in [0.25, 0.3) is 5.57 Å². The van der Waals surface area contributed by atoms with Crippen molar-refractivity contribution < 1.29 is 0 Å². The van der Waals surface area contributed by atoms with Gasteiger partial charge in [0.1, 0.15) is 5.69 Å². The predicted octanol–water partition coefficient (Wildman–Crippen LogP) is 2.39. The van der Waals surface area contributed by atoms with E-state index in [1.165, 1.54) is 0 Å². The molecule has 0 atom stereocenters. The van der Waals surface area contributed by atoms with Gasteiger partial charge >= 0.3 is 0 Å². The molecule has 82 valence electrons. The number of hydrogen-bond donors (Lipinski definition) is 1. The second-order valence-corrected chi connectivity index (χ2v) is 4.14. The van der Waals surface area contributed by atoms with Gasteiger partial charge in [0, 0.05) is 0 Å². The molecule has 1 N–H and O–H groups in total. The summed E-state index contributed by atoms with van der Waals surface area (Å²) >= 11 is 0. The minimum Gasteiger partial charge on any atom is -0.319 e. The molecule has 0 bridgehead atoms. The Morgan fingerprint density at radius 2 is 2.27 bits per heavy atom. The molecule has 0 aliphatic rings. The highest BCUT2D eigenvalue weighted by Crippen LogP contribution is 2.08. The second-order valence-electron chi connectivity index (χ2n) is 4.14. The summed E-state index contributed by atoms with van der Waals surface area (Å²) in [5, 5.41) is 0. The van der Waals surface area contributed by atoms with Crippen LogP contribution in [0.5, 0.6) is 0 Å². The van der Waals surface area contributed by atoms with Crippen LogP contribution in [0.3, 0.4) is 0 Å². The molecule has 3 heteroatoms. The number of rotatable bonds is 3. The summed E-state index contributed by atoms with van der Waals surface area (Å²) in [5.74, 6) is 0.451. The van der Waals surface area contributed by atoms with Gasteiger partial charge in [0.25, 0.3) is 5.56 Å². The van der Waals surface area contributed by atoms with E-state index < -0.39 is 0 Å². The first kappa shape index (κ1) is 11.7. The van der Waals surface area contributed by atoms with Crippen LogP contribution in [0, 0.1) is 5.92 Å². The first-order chi connectivity index (χ1) is 7.04. The fraction of sp³-hybridized carbons (Fsp3) is 0.500. The zero-order chi connectivity index (χ0) is 11.4. The van der Waals surface area contributed by atoms with Crippen LogP contribution in [0.4, 0.5) is 0 Å². The van der Waals surface area contributed by atoms with Gasteiger partial charge in [-0.3, -0.25) is 9.78 Å². The number of hydrogen-bond acceptors (Lipinski definition) is 2. The van der Waals surface area contributed by atoms with Gasteiger partial charge in [-0.1, -0.05) is 19.9 Å². The summed E-state index contributed by atoms with van der Waals surface area (Å²) in [6.07, 6.45) is 4.41. The number of aromatic amines is 1. The van der Waals surface area contributed by atoms with Gasteiger partial charge in [-0.25, -0.2) is 0 Å². The number of allylic oxidation sites excluding steroid dienone is 2. The Morgan fingerprint density at radius 3 is 2.73 bits per heavy atom. The van der Waals surface area contributed by atoms with Gasteiger partial charge in [0.15, 0.2) is 0 Å². The zero-order valence-electron chi connectivity index (χ0n) is 9.79. The predicted molar refractivity (Wildman–Crippen MR) is 62.7 cm³/mol. The highest BCUT2D eigenvalue weighted by atomic mass is 16.1. The Labute approximate surface area is 90.3 Å². The Morgan fingerprint density at radius 1 is 1.60 bits per heavy atom. The molecule has 0 aliphatic carbocycles. The number of nitrogens with one attached hydrogen (secondary N) is 1. The molecule has 1 aromatic heterocycles. The van der Waals surface area contributed by atoms with E-state index in [4.69, 9.17) is 0 Å². The molecule has 0 unspecified atom stereocenters. The van der Waals surface area contributed by atoms with E-state index in [9.17, 15) is 4.79 Å². The number of aromatic nitrogens is 2. The molecule has 0 aromatic carbocycles. The molecule has 0 radical (unpaired) electrons. The fourth-order valence-electron chi connectivity index (χ4n) is 1.32. The average Bonchev–Trinajstić information content (AvgIpc) is 2.19. The van der Waals surface area contributed by atoms with Crippen LogP contribution in [-0.2, 0) is 6.42 Å². The molecule has 0 aliphatic heterocycles. The highest BCUT2D eigenvalue weighted by Gasteiger charge is 2.05. The Balaban J connectivity index is 3.04. The molecule has 0 saturated heterocycles. The van der Waals surface area contributed by atoms with Gasteiger partial charge < -0.3 is 4.98 Å². The third-order valence-electron chi connectivity index (χ3n) is 2.32. The Hall–Kier alpha value is -1.38. The largest absolute Gasteiger partial charge is 0.319 e. The van der Waals surface area contributed by atoms with Gasteiger partial charge in [0.05, 0.1) is 11.9 Å². The van der Waals surface area contributed by atoms with Gasteiger partial charge in [0.2, 0.25) is 0 Å². The van der Waals surface area contributed by atoms with Crippen LogP contribution in [0.2, 0.25) is 0 Å². The van der Waals surface area contributed by atoms with Crippen molar-refractivity contribution in [1.29, 1.82) is 0 Å². The van der Waals surface area contributed by atoms with E-state index >= 15 is 0 Å². The Kier molecular flexibility index (Phi) is 3.83. The van der Waals surface area contributed by atoms with Crippen molar-refractivity contribution in [3.05, 3.63) is 34.0 Å². The monoisotopic (exact) mass is 206 g/mol. The molecular formula is C12H18N2O. The summed E-state index contributed by atoms with van der Waals surface area (Å²) in [6, 6.07) is 0. The maximum absolute atomic E-state index is 11.7. The van der Waals surface area contributed by atoms with Crippen molar-refractivity contribution in [1.82, 2.24) is 9.97 Å². The minimum absolute atomic E-state index is 0.0672. The average molecular weight is 206 g/mol. The third kappa shape index (κ3) is 3.05. The first-order valence-corrected chi connectivity index (χ1v) is 5.26. The highest BCUT2D eigenvalue weighted by molar-refractivity contribution is 5.58. The lowest BCUT2D eigenvalue weighted by Crippen LogP contribution is -2.18. The van der Waals surface area contributed by atoms with Crippen LogP contribution >= 0.6 is 0 Å². The fourth-order valence-corrected chi connectivity index (χ4v) is 1.32.